The van der Waals surface area contributed by atoms with Crippen molar-refractivity contribution in [3.63, 3.8) is 0 Å². The minimum Gasteiger partial charge on any atom is -0.467 e. The summed E-state index contributed by atoms with van der Waals surface area (Å²) in [5, 5.41) is 0. The summed E-state index contributed by atoms with van der Waals surface area (Å²) >= 11 is 0. The van der Waals surface area contributed by atoms with Crippen molar-refractivity contribution in [2.45, 2.75) is 63.8 Å². The Bertz CT molecular complexity index is 541. The van der Waals surface area contributed by atoms with Gasteiger partial charge < -0.3 is 14.2 Å². The number of carbonyl (C=O) groups excluding carboxylic acids is 2. The van der Waals surface area contributed by atoms with Crippen molar-refractivity contribution >= 4 is 11.8 Å². The van der Waals surface area contributed by atoms with Gasteiger partial charge in [0.2, 0.25) is 11.8 Å². The van der Waals surface area contributed by atoms with Gasteiger partial charge >= 0.3 is 0 Å². The van der Waals surface area contributed by atoms with E-state index in [1.54, 1.807) is 6.26 Å². The normalized spacial score (nSPS) is 23.0. The van der Waals surface area contributed by atoms with Gasteiger partial charge in [-0.05, 0) is 37.8 Å². The van der Waals surface area contributed by atoms with Gasteiger partial charge in [0.1, 0.15) is 5.76 Å². The van der Waals surface area contributed by atoms with E-state index >= 15 is 0 Å². The molecule has 3 heterocycles. The summed E-state index contributed by atoms with van der Waals surface area (Å²) in [7, 11) is 0. The van der Waals surface area contributed by atoms with Crippen LogP contribution in [-0.4, -0.2) is 41.2 Å². The summed E-state index contributed by atoms with van der Waals surface area (Å²) in [6, 6.07) is 3.91. The predicted octanol–water partition coefficient (Wildman–Crippen LogP) is 3.52. The van der Waals surface area contributed by atoms with Crippen LogP contribution < -0.4 is 0 Å². The van der Waals surface area contributed by atoms with E-state index in [1.165, 1.54) is 0 Å². The van der Waals surface area contributed by atoms with Gasteiger partial charge in [0, 0.05) is 32.5 Å². The van der Waals surface area contributed by atoms with Gasteiger partial charge in [-0.1, -0.05) is 19.3 Å². The lowest BCUT2D eigenvalue weighted by atomic mass is 10.1. The molecule has 2 fully saturated rings. The fourth-order valence-electron chi connectivity index (χ4n) is 3.83. The molecule has 1 unspecified atom stereocenters. The molecule has 1 aromatic heterocycles. The highest BCUT2D eigenvalue weighted by atomic mass is 16.3. The maximum Gasteiger partial charge on any atom is 0.224 e. The Labute approximate surface area is 144 Å². The van der Waals surface area contributed by atoms with Crippen LogP contribution in [0.4, 0.5) is 0 Å². The molecule has 2 aliphatic rings. The third-order valence-corrected chi connectivity index (χ3v) is 5.21. The van der Waals surface area contributed by atoms with Crippen molar-refractivity contribution in [2.75, 3.05) is 19.6 Å². The van der Waals surface area contributed by atoms with E-state index < -0.39 is 0 Å². The maximum atomic E-state index is 12.8. The van der Waals surface area contributed by atoms with Gasteiger partial charge in [-0.2, -0.15) is 0 Å². The predicted molar refractivity (Wildman–Crippen MR) is 91.3 cm³/mol. The zero-order valence-corrected chi connectivity index (χ0v) is 14.4. The monoisotopic (exact) mass is 332 g/mol. The number of hydrogen-bond acceptors (Lipinski definition) is 3. The third-order valence-electron chi connectivity index (χ3n) is 5.21. The molecule has 2 amide bonds. The zero-order chi connectivity index (χ0) is 16.8. The zero-order valence-electron chi connectivity index (χ0n) is 14.4. The van der Waals surface area contributed by atoms with Crippen LogP contribution in [-0.2, 0) is 9.59 Å². The lowest BCUT2D eigenvalue weighted by Crippen LogP contribution is -2.38. The van der Waals surface area contributed by atoms with Gasteiger partial charge in [-0.25, -0.2) is 0 Å². The molecule has 0 radical (unpaired) electrons. The molecular formula is C19H28N2O3. The fraction of sp³-hybridized carbons (Fsp3) is 0.684. The van der Waals surface area contributed by atoms with Crippen LogP contribution >= 0.6 is 0 Å². The molecule has 24 heavy (non-hydrogen) atoms. The van der Waals surface area contributed by atoms with Crippen LogP contribution in [0, 0.1) is 0 Å². The molecule has 132 valence electrons. The molecule has 2 aliphatic heterocycles. The lowest BCUT2D eigenvalue weighted by Gasteiger charge is -2.30. The minimum absolute atomic E-state index is 0.0508. The Morgan fingerprint density at radius 3 is 2.79 bits per heavy atom. The molecule has 1 aromatic rings. The molecule has 0 aromatic carbocycles. The van der Waals surface area contributed by atoms with Crippen LogP contribution in [0.1, 0.15) is 69.6 Å². The second-order valence-electron chi connectivity index (χ2n) is 6.91. The lowest BCUT2D eigenvalue weighted by molar-refractivity contribution is -0.136. The molecule has 3 rings (SSSR count). The average molecular weight is 332 g/mol. The summed E-state index contributed by atoms with van der Waals surface area (Å²) in [5.41, 5.74) is 0. The minimum atomic E-state index is 0.0508. The molecule has 0 saturated carbocycles. The Morgan fingerprint density at radius 2 is 1.96 bits per heavy atom. The smallest absolute Gasteiger partial charge is 0.224 e. The summed E-state index contributed by atoms with van der Waals surface area (Å²) in [6.07, 6.45) is 10.2. The molecule has 5 nitrogen and oxygen atoms in total. The van der Waals surface area contributed by atoms with E-state index in [9.17, 15) is 9.59 Å². The molecule has 0 spiro atoms. The van der Waals surface area contributed by atoms with Gasteiger partial charge in [0.05, 0.1) is 12.3 Å². The number of furan rings is 1. The van der Waals surface area contributed by atoms with Crippen molar-refractivity contribution in [3.8, 4) is 0 Å². The largest absolute Gasteiger partial charge is 0.467 e. The highest BCUT2D eigenvalue weighted by Crippen LogP contribution is 2.31. The number of hydrogen-bond donors (Lipinski definition) is 0. The molecule has 0 aliphatic carbocycles. The quantitative estimate of drug-likeness (QED) is 0.848. The number of amides is 2. The van der Waals surface area contributed by atoms with Gasteiger partial charge in [-0.15, -0.1) is 0 Å². The topological polar surface area (TPSA) is 53.8 Å². The van der Waals surface area contributed by atoms with Gasteiger partial charge in [0.15, 0.2) is 0 Å². The van der Waals surface area contributed by atoms with Crippen LogP contribution in [0.2, 0.25) is 0 Å². The Kier molecular flexibility index (Phi) is 5.94. The first-order chi connectivity index (χ1) is 11.8. The summed E-state index contributed by atoms with van der Waals surface area (Å²) < 4.78 is 5.58. The molecule has 5 heteroatoms. The van der Waals surface area contributed by atoms with Crippen LogP contribution in [0.3, 0.4) is 0 Å². The molecular weight excluding hydrogens is 304 g/mol. The van der Waals surface area contributed by atoms with Crippen molar-refractivity contribution in [3.05, 3.63) is 24.2 Å². The Hall–Kier alpha value is -1.78. The first-order valence-corrected chi connectivity index (χ1v) is 9.36. The molecule has 1 atom stereocenters. The van der Waals surface area contributed by atoms with Gasteiger partial charge in [-0.3, -0.25) is 9.59 Å². The molecule has 0 N–H and O–H groups in total. The second-order valence-corrected chi connectivity index (χ2v) is 6.91. The van der Waals surface area contributed by atoms with E-state index in [-0.39, 0.29) is 17.9 Å². The average Bonchev–Trinajstić information content (AvgIpc) is 2.89. The van der Waals surface area contributed by atoms with Crippen molar-refractivity contribution < 1.29 is 14.0 Å². The van der Waals surface area contributed by atoms with E-state index in [0.717, 1.165) is 63.8 Å². The summed E-state index contributed by atoms with van der Waals surface area (Å²) in [5.74, 6) is 1.24. The SMILES string of the molecule is O=C1CCCCCN1CCC(=O)N1CCCCCC1c1ccco1. The number of rotatable bonds is 4. The van der Waals surface area contributed by atoms with E-state index in [1.807, 2.05) is 21.9 Å². The first-order valence-electron chi connectivity index (χ1n) is 9.36. The fourth-order valence-corrected chi connectivity index (χ4v) is 3.83. The van der Waals surface area contributed by atoms with Crippen molar-refractivity contribution in [1.82, 2.24) is 9.80 Å². The van der Waals surface area contributed by atoms with Crippen LogP contribution in [0.15, 0.2) is 22.8 Å². The van der Waals surface area contributed by atoms with Gasteiger partial charge in [0.25, 0.3) is 0 Å². The number of likely N-dealkylation sites (tertiary alicyclic amines) is 2. The highest BCUT2D eigenvalue weighted by Gasteiger charge is 2.29. The number of nitrogens with zero attached hydrogens (tertiary/aromatic N) is 2. The molecule has 0 bridgehead atoms. The van der Waals surface area contributed by atoms with Crippen molar-refractivity contribution in [2.24, 2.45) is 0 Å². The Morgan fingerprint density at radius 1 is 1.12 bits per heavy atom. The second kappa shape index (κ2) is 8.36. The van der Waals surface area contributed by atoms with E-state index in [4.69, 9.17) is 4.42 Å². The molecule has 2 saturated heterocycles. The van der Waals surface area contributed by atoms with Crippen molar-refractivity contribution in [1.29, 1.82) is 0 Å². The number of carbonyl (C=O) groups is 2. The summed E-state index contributed by atoms with van der Waals surface area (Å²) in [6.45, 7) is 2.14. The Balaban J connectivity index is 1.62. The van der Waals surface area contributed by atoms with E-state index in [2.05, 4.69) is 0 Å². The standard InChI is InChI=1S/C19H28N2O3/c22-18-10-4-2-5-12-20(18)14-11-19(23)21-13-6-1-3-8-16(21)17-9-7-15-24-17/h7,9,15-16H,1-6,8,10-14H2. The highest BCUT2D eigenvalue weighted by molar-refractivity contribution is 5.79. The third kappa shape index (κ3) is 4.19. The summed E-state index contributed by atoms with van der Waals surface area (Å²) in [4.78, 5) is 28.8. The van der Waals surface area contributed by atoms with Crippen LogP contribution in [0.5, 0.6) is 0 Å². The maximum absolute atomic E-state index is 12.8. The van der Waals surface area contributed by atoms with Crippen LogP contribution in [0.25, 0.3) is 0 Å². The van der Waals surface area contributed by atoms with E-state index in [0.29, 0.717) is 19.4 Å². The first kappa shape index (κ1) is 17.1.